The van der Waals surface area contributed by atoms with Crippen LogP contribution in [0.1, 0.15) is 6.92 Å². The summed E-state index contributed by atoms with van der Waals surface area (Å²) in [4.78, 5) is 14.9. The number of thioether (sulfide) groups is 1. The molecule has 0 saturated carbocycles. The second-order valence-corrected chi connectivity index (χ2v) is 6.09. The predicted molar refractivity (Wildman–Crippen MR) is 55.2 cm³/mol. The molecule has 0 amide bonds. The van der Waals surface area contributed by atoms with Crippen LogP contribution in [-0.4, -0.2) is 43.1 Å². The summed E-state index contributed by atoms with van der Waals surface area (Å²) < 4.78 is 22.4. The van der Waals surface area contributed by atoms with Crippen molar-refractivity contribution in [2.75, 3.05) is 17.8 Å². The van der Waals surface area contributed by atoms with E-state index in [2.05, 4.69) is 9.99 Å². The van der Waals surface area contributed by atoms with Gasteiger partial charge < -0.3 is 4.84 Å². The topological polar surface area (TPSA) is 72.8 Å². The Morgan fingerprint density at radius 2 is 2.29 bits per heavy atom. The molecule has 0 aromatic carbocycles. The van der Waals surface area contributed by atoms with Crippen molar-refractivity contribution in [3.05, 3.63) is 0 Å². The van der Waals surface area contributed by atoms with Gasteiger partial charge >= 0.3 is 5.97 Å². The molecule has 1 saturated heterocycles. The lowest BCUT2D eigenvalue weighted by molar-refractivity contribution is -0.140. The number of hydrogen-bond acceptors (Lipinski definition) is 6. The normalized spacial score (nSPS) is 27.9. The molecule has 1 heterocycles. The lowest BCUT2D eigenvalue weighted by atomic mass is 10.3. The third kappa shape index (κ3) is 2.98. The van der Waals surface area contributed by atoms with Crippen molar-refractivity contribution in [3.63, 3.8) is 0 Å². The molecule has 1 aliphatic heterocycles. The molecule has 0 radical (unpaired) electrons. The molecule has 0 N–H and O–H groups in total. The van der Waals surface area contributed by atoms with Crippen LogP contribution in [0.5, 0.6) is 0 Å². The fourth-order valence-electron chi connectivity index (χ4n) is 1.12. The van der Waals surface area contributed by atoms with Crippen LogP contribution in [-0.2, 0) is 19.5 Å². The average molecular weight is 237 g/mol. The number of rotatable bonds is 2. The lowest BCUT2D eigenvalue weighted by Crippen LogP contribution is -2.14. The monoisotopic (exact) mass is 237 g/mol. The largest absolute Gasteiger partial charge is 0.331 e. The molecule has 5 nitrogen and oxygen atoms in total. The third-order valence-corrected chi connectivity index (χ3v) is 4.52. The van der Waals surface area contributed by atoms with Gasteiger partial charge in [-0.1, -0.05) is 5.16 Å². The van der Waals surface area contributed by atoms with E-state index in [4.69, 9.17) is 0 Å². The van der Waals surface area contributed by atoms with Crippen LogP contribution in [0.25, 0.3) is 0 Å². The molecule has 0 aromatic rings. The Bertz CT molecular complexity index is 360. The van der Waals surface area contributed by atoms with Gasteiger partial charge in [0.1, 0.15) is 0 Å². The van der Waals surface area contributed by atoms with Crippen molar-refractivity contribution >= 4 is 33.3 Å². The molecular weight excluding hydrogens is 226 g/mol. The van der Waals surface area contributed by atoms with Gasteiger partial charge in [-0.2, -0.15) is 11.8 Å². The maximum Gasteiger partial charge on any atom is 0.331 e. The highest BCUT2D eigenvalue weighted by molar-refractivity contribution is 8.02. The Hall–Kier alpha value is -0.560. The highest BCUT2D eigenvalue weighted by Crippen LogP contribution is 2.20. The molecule has 1 aliphatic rings. The first-order valence-electron chi connectivity index (χ1n) is 3.92. The molecule has 0 aromatic heterocycles. The molecule has 1 rings (SSSR count). The molecule has 0 bridgehead atoms. The van der Waals surface area contributed by atoms with Gasteiger partial charge in [-0.3, -0.25) is 0 Å². The van der Waals surface area contributed by atoms with E-state index in [0.717, 1.165) is 0 Å². The van der Waals surface area contributed by atoms with Crippen LogP contribution in [0.3, 0.4) is 0 Å². The molecule has 0 spiro atoms. The Kier molecular flexibility index (Phi) is 3.54. The van der Waals surface area contributed by atoms with Gasteiger partial charge in [0.2, 0.25) is 0 Å². The van der Waals surface area contributed by atoms with Crippen LogP contribution >= 0.6 is 11.8 Å². The molecule has 1 unspecified atom stereocenters. The van der Waals surface area contributed by atoms with E-state index in [9.17, 15) is 13.2 Å². The number of oxime groups is 1. The zero-order chi connectivity index (χ0) is 10.8. The first-order chi connectivity index (χ1) is 6.44. The van der Waals surface area contributed by atoms with Crippen molar-refractivity contribution in [1.82, 2.24) is 0 Å². The van der Waals surface area contributed by atoms with Gasteiger partial charge in [0.25, 0.3) is 0 Å². The Labute approximate surface area is 86.8 Å². The van der Waals surface area contributed by atoms with E-state index in [1.54, 1.807) is 6.26 Å². The molecule has 1 atom stereocenters. The van der Waals surface area contributed by atoms with Crippen molar-refractivity contribution in [2.24, 2.45) is 5.16 Å². The third-order valence-electron chi connectivity index (χ3n) is 1.72. The molecule has 80 valence electrons. The van der Waals surface area contributed by atoms with Gasteiger partial charge in [0, 0.05) is 6.92 Å². The number of hydrogen-bond donors (Lipinski definition) is 0. The van der Waals surface area contributed by atoms with Crippen LogP contribution in [0.4, 0.5) is 0 Å². The van der Waals surface area contributed by atoms with E-state index in [1.807, 2.05) is 0 Å². The quantitative estimate of drug-likeness (QED) is 0.502. The number of carbonyl (C=O) groups is 1. The first kappa shape index (κ1) is 11.5. The molecule has 0 aliphatic carbocycles. The number of sulfone groups is 1. The van der Waals surface area contributed by atoms with E-state index < -0.39 is 15.8 Å². The van der Waals surface area contributed by atoms with Gasteiger partial charge in [-0.25, -0.2) is 13.2 Å². The summed E-state index contributed by atoms with van der Waals surface area (Å²) in [5, 5.41) is 3.36. The molecular formula is C7H11NO4S2. The van der Waals surface area contributed by atoms with Crippen LogP contribution in [0, 0.1) is 0 Å². The summed E-state index contributed by atoms with van der Waals surface area (Å²) in [5.41, 5.74) is 0.424. The highest BCUT2D eigenvalue weighted by atomic mass is 32.2. The summed E-state index contributed by atoms with van der Waals surface area (Å²) >= 11 is 1.39. The molecule has 14 heavy (non-hydrogen) atoms. The van der Waals surface area contributed by atoms with Crippen LogP contribution in [0.15, 0.2) is 5.16 Å². The Balaban J connectivity index is 2.78. The Morgan fingerprint density at radius 1 is 1.64 bits per heavy atom. The maximum atomic E-state index is 11.2. The van der Waals surface area contributed by atoms with E-state index in [1.165, 1.54) is 18.7 Å². The fraction of sp³-hybridized carbons (Fsp3) is 0.714. The smallest absolute Gasteiger partial charge is 0.319 e. The maximum absolute atomic E-state index is 11.2. The summed E-state index contributed by atoms with van der Waals surface area (Å²) in [6.45, 7) is 1.22. The second-order valence-electron chi connectivity index (χ2n) is 2.94. The van der Waals surface area contributed by atoms with Gasteiger partial charge in [0.05, 0.1) is 22.5 Å². The van der Waals surface area contributed by atoms with Gasteiger partial charge in [0.15, 0.2) is 9.84 Å². The van der Waals surface area contributed by atoms with Crippen molar-refractivity contribution < 1.29 is 18.0 Å². The van der Waals surface area contributed by atoms with Crippen LogP contribution in [0.2, 0.25) is 0 Å². The zero-order valence-electron chi connectivity index (χ0n) is 7.89. The van der Waals surface area contributed by atoms with Gasteiger partial charge in [-0.05, 0) is 6.26 Å². The first-order valence-corrected chi connectivity index (χ1v) is 7.03. The summed E-state index contributed by atoms with van der Waals surface area (Å²) in [7, 11) is -3.05. The van der Waals surface area contributed by atoms with Gasteiger partial charge in [-0.15, -0.1) is 0 Å². The highest BCUT2D eigenvalue weighted by Gasteiger charge is 2.34. The second kappa shape index (κ2) is 4.31. The minimum Gasteiger partial charge on any atom is -0.319 e. The minimum absolute atomic E-state index is 0.0776. The summed E-state index contributed by atoms with van der Waals surface area (Å²) in [5.74, 6) is -0.568. The fourth-order valence-corrected chi connectivity index (χ4v) is 4.26. The van der Waals surface area contributed by atoms with Crippen molar-refractivity contribution in [2.45, 2.75) is 12.2 Å². The predicted octanol–water partition coefficient (Wildman–Crippen LogP) is 0.0655. The zero-order valence-corrected chi connectivity index (χ0v) is 9.52. The summed E-state index contributed by atoms with van der Waals surface area (Å²) in [6, 6.07) is 0. The van der Waals surface area contributed by atoms with E-state index >= 15 is 0 Å². The van der Waals surface area contributed by atoms with Crippen LogP contribution < -0.4 is 0 Å². The Morgan fingerprint density at radius 3 is 2.79 bits per heavy atom. The SMILES string of the molecule is CSC1CS(=O)(=O)CC1=NOC(C)=O. The molecule has 7 heteroatoms. The van der Waals surface area contributed by atoms with E-state index in [0.29, 0.717) is 5.71 Å². The number of carbonyl (C=O) groups excluding carboxylic acids is 1. The molecule has 1 fully saturated rings. The lowest BCUT2D eigenvalue weighted by Gasteiger charge is -2.02. The van der Waals surface area contributed by atoms with Crippen molar-refractivity contribution in [1.29, 1.82) is 0 Å². The van der Waals surface area contributed by atoms with E-state index in [-0.39, 0.29) is 16.8 Å². The minimum atomic E-state index is -3.05. The summed E-state index contributed by atoms with van der Waals surface area (Å²) in [6.07, 6.45) is 1.80. The van der Waals surface area contributed by atoms with Crippen molar-refractivity contribution in [3.8, 4) is 0 Å². The average Bonchev–Trinajstić information content (AvgIpc) is 2.37. The number of nitrogens with zero attached hydrogens (tertiary/aromatic N) is 1. The standard InChI is InChI=1S/C7H11NO4S2/c1-5(9)12-8-6-3-14(10,11)4-7(6)13-2/h7H,3-4H2,1-2H3.